The Morgan fingerprint density at radius 3 is 2.21 bits per heavy atom. The fourth-order valence-corrected chi connectivity index (χ4v) is 3.55. The average Bonchev–Trinajstić information content (AvgIpc) is 2.65. The normalized spacial score (nSPS) is 22.1. The van der Waals surface area contributed by atoms with E-state index in [-0.39, 0.29) is 29.6 Å². The Kier molecular flexibility index (Phi) is 7.19. The van der Waals surface area contributed by atoms with Crippen molar-refractivity contribution in [3.8, 4) is 0 Å². The number of aliphatic carboxylic acids is 1. The second-order valence-corrected chi connectivity index (χ2v) is 8.06. The van der Waals surface area contributed by atoms with Gasteiger partial charge in [0.25, 0.3) is 0 Å². The molecule has 0 aromatic carbocycles. The lowest BCUT2D eigenvalue weighted by molar-refractivity contribution is -0.139. The molecule has 0 aliphatic heterocycles. The van der Waals surface area contributed by atoms with Crippen LogP contribution >= 0.6 is 0 Å². The summed E-state index contributed by atoms with van der Waals surface area (Å²) in [5.41, 5.74) is 5.74. The molecule has 0 heterocycles. The number of ether oxygens (including phenoxy) is 2. The van der Waals surface area contributed by atoms with Gasteiger partial charge in [0.2, 0.25) is 5.91 Å². The third-order valence-electron chi connectivity index (χ3n) is 4.74. The van der Waals surface area contributed by atoms with Crippen LogP contribution in [-0.4, -0.2) is 55.5 Å². The Labute approximate surface area is 144 Å². The van der Waals surface area contributed by atoms with Gasteiger partial charge in [-0.25, -0.2) is 0 Å². The minimum atomic E-state index is -1.10. The van der Waals surface area contributed by atoms with E-state index in [1.54, 1.807) is 7.11 Å². The minimum absolute atomic E-state index is 0.0742. The van der Waals surface area contributed by atoms with Crippen molar-refractivity contribution >= 4 is 11.9 Å². The zero-order valence-corrected chi connectivity index (χ0v) is 15.4. The molecule has 0 aromatic heterocycles. The standard InChI is InChI=1S/C17H32N2O5/c1-16(2)6-7-17(3,4)15(16)24-10-11(9-23-5)19-14(22)12(18)8-13(20)21/h11-12,15H,6-10,18H2,1-5H3,(H,19,22)(H,20,21)/t11?,12-/m0/s1. The summed E-state index contributed by atoms with van der Waals surface area (Å²) in [7, 11) is 1.54. The van der Waals surface area contributed by atoms with Gasteiger partial charge in [-0.05, 0) is 23.7 Å². The van der Waals surface area contributed by atoms with Crippen molar-refractivity contribution in [2.45, 2.75) is 65.1 Å². The minimum Gasteiger partial charge on any atom is -0.481 e. The third-order valence-corrected chi connectivity index (χ3v) is 4.74. The van der Waals surface area contributed by atoms with Crippen LogP contribution in [0, 0.1) is 10.8 Å². The summed E-state index contributed by atoms with van der Waals surface area (Å²) < 4.78 is 11.3. The molecule has 1 fully saturated rings. The number of nitrogens with one attached hydrogen (secondary N) is 1. The van der Waals surface area contributed by atoms with Gasteiger partial charge in [-0.1, -0.05) is 27.7 Å². The molecule has 1 unspecified atom stereocenters. The molecule has 1 aliphatic rings. The van der Waals surface area contributed by atoms with Crippen molar-refractivity contribution in [2.24, 2.45) is 16.6 Å². The van der Waals surface area contributed by atoms with Crippen molar-refractivity contribution in [3.05, 3.63) is 0 Å². The van der Waals surface area contributed by atoms with Gasteiger partial charge < -0.3 is 25.6 Å². The largest absolute Gasteiger partial charge is 0.481 e. The van der Waals surface area contributed by atoms with Gasteiger partial charge in [0.15, 0.2) is 0 Å². The van der Waals surface area contributed by atoms with Gasteiger partial charge in [0.1, 0.15) is 0 Å². The van der Waals surface area contributed by atoms with Gasteiger partial charge in [-0.3, -0.25) is 9.59 Å². The van der Waals surface area contributed by atoms with E-state index in [1.165, 1.54) is 0 Å². The van der Waals surface area contributed by atoms with E-state index in [4.69, 9.17) is 20.3 Å². The molecule has 7 nitrogen and oxygen atoms in total. The first kappa shape index (κ1) is 20.9. The first-order valence-electron chi connectivity index (χ1n) is 8.38. The first-order chi connectivity index (χ1) is 11.0. The Balaban J connectivity index is 2.63. The number of hydrogen-bond acceptors (Lipinski definition) is 5. The molecular formula is C17H32N2O5. The fraction of sp³-hybridized carbons (Fsp3) is 0.882. The predicted octanol–water partition coefficient (Wildman–Crippen LogP) is 1.15. The van der Waals surface area contributed by atoms with Crippen molar-refractivity contribution in [2.75, 3.05) is 20.3 Å². The average molecular weight is 344 g/mol. The van der Waals surface area contributed by atoms with Gasteiger partial charge in [0, 0.05) is 7.11 Å². The Hall–Kier alpha value is -1.18. The van der Waals surface area contributed by atoms with E-state index in [0.29, 0.717) is 6.61 Å². The van der Waals surface area contributed by atoms with Gasteiger partial charge in [-0.2, -0.15) is 0 Å². The maximum atomic E-state index is 12.0. The van der Waals surface area contributed by atoms with Crippen LogP contribution in [-0.2, 0) is 19.1 Å². The van der Waals surface area contributed by atoms with Gasteiger partial charge in [0.05, 0.1) is 37.8 Å². The molecule has 0 aromatic rings. The van der Waals surface area contributed by atoms with E-state index in [9.17, 15) is 9.59 Å². The molecule has 0 saturated heterocycles. The summed E-state index contributed by atoms with van der Waals surface area (Å²) in [5, 5.41) is 11.4. The fourth-order valence-electron chi connectivity index (χ4n) is 3.55. The molecule has 1 amide bonds. The van der Waals surface area contributed by atoms with Gasteiger partial charge >= 0.3 is 5.97 Å². The SMILES string of the molecule is COCC(COC1C(C)(C)CCC1(C)C)NC(=O)[C@@H](N)CC(=O)O. The number of methoxy groups -OCH3 is 1. The van der Waals surface area contributed by atoms with Crippen LogP contribution in [0.3, 0.4) is 0 Å². The molecule has 1 saturated carbocycles. The van der Waals surface area contributed by atoms with Crippen LogP contribution in [0.25, 0.3) is 0 Å². The molecule has 0 spiro atoms. The highest BCUT2D eigenvalue weighted by molar-refractivity contribution is 5.86. The van der Waals surface area contributed by atoms with Gasteiger partial charge in [-0.15, -0.1) is 0 Å². The summed E-state index contributed by atoms with van der Waals surface area (Å²) in [5.74, 6) is -1.61. The molecule has 24 heavy (non-hydrogen) atoms. The Morgan fingerprint density at radius 1 is 1.21 bits per heavy atom. The smallest absolute Gasteiger partial charge is 0.305 e. The zero-order chi connectivity index (χ0) is 18.5. The van der Waals surface area contributed by atoms with Crippen molar-refractivity contribution < 1.29 is 24.2 Å². The lowest BCUT2D eigenvalue weighted by atomic mass is 9.81. The number of nitrogens with two attached hydrogens (primary N) is 1. The topological polar surface area (TPSA) is 111 Å². The second-order valence-electron chi connectivity index (χ2n) is 8.06. The zero-order valence-electron chi connectivity index (χ0n) is 15.4. The summed E-state index contributed by atoms with van der Waals surface area (Å²) in [6.45, 7) is 9.35. The highest BCUT2D eigenvalue weighted by atomic mass is 16.5. The van der Waals surface area contributed by atoms with Crippen LogP contribution in [0.4, 0.5) is 0 Å². The van der Waals surface area contributed by atoms with E-state index < -0.39 is 24.3 Å². The number of carboxylic acids is 1. The summed E-state index contributed by atoms with van der Waals surface area (Å²) in [6.07, 6.45) is 1.86. The highest BCUT2D eigenvalue weighted by Gasteiger charge is 2.48. The van der Waals surface area contributed by atoms with Crippen LogP contribution in [0.15, 0.2) is 0 Å². The van der Waals surface area contributed by atoms with Crippen molar-refractivity contribution in [1.82, 2.24) is 5.32 Å². The maximum absolute atomic E-state index is 12.0. The van der Waals surface area contributed by atoms with Crippen molar-refractivity contribution in [3.63, 3.8) is 0 Å². The quantitative estimate of drug-likeness (QED) is 0.579. The maximum Gasteiger partial charge on any atom is 0.305 e. The summed E-state index contributed by atoms with van der Waals surface area (Å²) in [4.78, 5) is 22.7. The third kappa shape index (κ3) is 5.72. The second kappa shape index (κ2) is 8.27. The van der Waals surface area contributed by atoms with Crippen LogP contribution in [0.1, 0.15) is 47.0 Å². The van der Waals surface area contributed by atoms with E-state index in [0.717, 1.165) is 12.8 Å². The Bertz CT molecular complexity index is 434. The lowest BCUT2D eigenvalue weighted by Crippen LogP contribution is -2.50. The number of carboxylic acid groups (broad SMARTS) is 1. The molecular weight excluding hydrogens is 312 g/mol. The first-order valence-corrected chi connectivity index (χ1v) is 8.38. The van der Waals surface area contributed by atoms with Crippen LogP contribution < -0.4 is 11.1 Å². The molecule has 0 radical (unpaired) electrons. The molecule has 1 aliphatic carbocycles. The molecule has 1 rings (SSSR count). The monoisotopic (exact) mass is 344 g/mol. The highest BCUT2D eigenvalue weighted by Crippen LogP contribution is 2.50. The molecule has 140 valence electrons. The van der Waals surface area contributed by atoms with Crippen LogP contribution in [0.5, 0.6) is 0 Å². The predicted molar refractivity (Wildman–Crippen MR) is 90.6 cm³/mol. The van der Waals surface area contributed by atoms with E-state index in [2.05, 4.69) is 33.0 Å². The number of amides is 1. The number of carbonyl (C=O) groups excluding carboxylic acids is 1. The molecule has 7 heteroatoms. The molecule has 0 bridgehead atoms. The Morgan fingerprint density at radius 2 is 1.75 bits per heavy atom. The number of carbonyl (C=O) groups is 2. The number of rotatable bonds is 9. The van der Waals surface area contributed by atoms with E-state index >= 15 is 0 Å². The number of hydrogen-bond donors (Lipinski definition) is 3. The van der Waals surface area contributed by atoms with E-state index in [1.807, 2.05) is 0 Å². The molecule has 2 atom stereocenters. The van der Waals surface area contributed by atoms with Crippen molar-refractivity contribution in [1.29, 1.82) is 0 Å². The summed E-state index contributed by atoms with van der Waals surface area (Å²) in [6, 6.07) is -1.45. The summed E-state index contributed by atoms with van der Waals surface area (Å²) >= 11 is 0. The lowest BCUT2D eigenvalue weighted by Gasteiger charge is -2.36. The van der Waals surface area contributed by atoms with Crippen LogP contribution in [0.2, 0.25) is 0 Å². The molecule has 4 N–H and O–H groups in total.